The van der Waals surface area contributed by atoms with Crippen molar-refractivity contribution < 1.29 is 9.53 Å². The van der Waals surface area contributed by atoms with E-state index in [2.05, 4.69) is 41.3 Å². The highest BCUT2D eigenvalue weighted by atomic mass is 16.5. The summed E-state index contributed by atoms with van der Waals surface area (Å²) < 4.78 is 5.63. The fourth-order valence-electron chi connectivity index (χ4n) is 3.44. The van der Waals surface area contributed by atoms with E-state index in [0.717, 1.165) is 30.1 Å². The first-order valence-electron chi connectivity index (χ1n) is 10.2. The van der Waals surface area contributed by atoms with Gasteiger partial charge in [-0.2, -0.15) is 0 Å². The van der Waals surface area contributed by atoms with E-state index in [4.69, 9.17) is 4.74 Å². The number of benzene rings is 2. The van der Waals surface area contributed by atoms with Gasteiger partial charge in [0.1, 0.15) is 5.75 Å². The van der Waals surface area contributed by atoms with Crippen molar-refractivity contribution in [3.05, 3.63) is 60.2 Å². The molecule has 1 heterocycles. The monoisotopic (exact) mass is 393 g/mol. The van der Waals surface area contributed by atoms with Crippen molar-refractivity contribution in [2.45, 2.75) is 32.4 Å². The van der Waals surface area contributed by atoms with Crippen LogP contribution < -0.4 is 15.0 Å². The summed E-state index contributed by atoms with van der Waals surface area (Å²) in [5.74, 6) is 0.686. The van der Waals surface area contributed by atoms with E-state index in [1.165, 1.54) is 12.1 Å². The van der Waals surface area contributed by atoms with Crippen LogP contribution in [0, 0.1) is 0 Å². The molecule has 2 aromatic carbocycles. The molecule has 1 aliphatic rings. The Morgan fingerprint density at radius 3 is 2.41 bits per heavy atom. The van der Waals surface area contributed by atoms with Gasteiger partial charge in [0.2, 0.25) is 5.91 Å². The van der Waals surface area contributed by atoms with Gasteiger partial charge in [-0.1, -0.05) is 12.1 Å². The summed E-state index contributed by atoms with van der Waals surface area (Å²) in [6.07, 6.45) is 4.68. The normalized spacial score (nSPS) is 16.8. The van der Waals surface area contributed by atoms with E-state index in [1.807, 2.05) is 50.2 Å². The first-order chi connectivity index (χ1) is 13.9. The number of carbonyl (C=O) groups is 1. The van der Waals surface area contributed by atoms with Gasteiger partial charge in [0, 0.05) is 36.6 Å². The van der Waals surface area contributed by atoms with Crippen molar-refractivity contribution in [1.82, 2.24) is 4.90 Å². The van der Waals surface area contributed by atoms with Crippen LogP contribution in [0.3, 0.4) is 0 Å². The molecule has 5 nitrogen and oxygen atoms in total. The van der Waals surface area contributed by atoms with Crippen molar-refractivity contribution in [3.63, 3.8) is 0 Å². The molecule has 154 valence electrons. The number of carbonyl (C=O) groups excluding carboxylic acids is 1. The molecule has 1 N–H and O–H groups in total. The molecule has 0 radical (unpaired) electrons. The molecule has 1 amide bonds. The molecule has 1 unspecified atom stereocenters. The summed E-state index contributed by atoms with van der Waals surface area (Å²) >= 11 is 0. The van der Waals surface area contributed by atoms with Gasteiger partial charge < -0.3 is 19.9 Å². The summed E-state index contributed by atoms with van der Waals surface area (Å²) in [4.78, 5) is 16.9. The minimum absolute atomic E-state index is 0.144. The molecule has 1 aliphatic heterocycles. The third-order valence-corrected chi connectivity index (χ3v) is 5.07. The lowest BCUT2D eigenvalue weighted by atomic mass is 10.2. The van der Waals surface area contributed by atoms with Crippen LogP contribution in [0.15, 0.2) is 54.6 Å². The molecule has 0 spiro atoms. The Morgan fingerprint density at radius 2 is 1.83 bits per heavy atom. The number of amides is 1. The van der Waals surface area contributed by atoms with Crippen LogP contribution in [0.4, 0.5) is 11.4 Å². The number of nitrogens with one attached hydrogen (secondary N) is 1. The third kappa shape index (κ3) is 6.09. The van der Waals surface area contributed by atoms with Crippen LogP contribution in [0.5, 0.6) is 5.75 Å². The second-order valence-electron chi connectivity index (χ2n) is 7.96. The Balaban J connectivity index is 1.52. The highest BCUT2D eigenvalue weighted by Gasteiger charge is 2.23. The number of hydrogen-bond acceptors (Lipinski definition) is 4. The van der Waals surface area contributed by atoms with Crippen LogP contribution in [0.2, 0.25) is 0 Å². The highest BCUT2D eigenvalue weighted by Crippen LogP contribution is 2.24. The molecular weight excluding hydrogens is 362 g/mol. The van der Waals surface area contributed by atoms with E-state index >= 15 is 0 Å². The maximum atomic E-state index is 12.2. The van der Waals surface area contributed by atoms with Crippen molar-refractivity contribution in [2.24, 2.45) is 0 Å². The van der Waals surface area contributed by atoms with Gasteiger partial charge >= 0.3 is 0 Å². The second-order valence-corrected chi connectivity index (χ2v) is 7.96. The average Bonchev–Trinajstić information content (AvgIpc) is 3.18. The Hall–Kier alpha value is -2.79. The first kappa shape index (κ1) is 20.9. The maximum Gasteiger partial charge on any atom is 0.248 e. The Morgan fingerprint density at radius 1 is 1.14 bits per heavy atom. The molecule has 1 saturated heterocycles. The molecular formula is C24H31N3O2. The van der Waals surface area contributed by atoms with Crippen LogP contribution in [0.1, 0.15) is 25.8 Å². The fourth-order valence-corrected chi connectivity index (χ4v) is 3.44. The van der Waals surface area contributed by atoms with Crippen molar-refractivity contribution >= 4 is 23.4 Å². The molecule has 1 atom stereocenters. The van der Waals surface area contributed by atoms with E-state index in [1.54, 1.807) is 12.2 Å². The highest BCUT2D eigenvalue weighted by molar-refractivity contribution is 6.02. The molecule has 29 heavy (non-hydrogen) atoms. The largest absolute Gasteiger partial charge is 0.491 e. The number of hydrogen-bond donors (Lipinski definition) is 1. The van der Waals surface area contributed by atoms with E-state index in [0.29, 0.717) is 6.04 Å². The van der Waals surface area contributed by atoms with Crippen LogP contribution in [-0.2, 0) is 4.79 Å². The van der Waals surface area contributed by atoms with Gasteiger partial charge in [-0.3, -0.25) is 4.79 Å². The summed E-state index contributed by atoms with van der Waals surface area (Å²) in [6.45, 7) is 6.10. The minimum Gasteiger partial charge on any atom is -0.491 e. The smallest absolute Gasteiger partial charge is 0.248 e. The third-order valence-electron chi connectivity index (χ3n) is 5.07. The fraction of sp³-hybridized carbons (Fsp3) is 0.375. The van der Waals surface area contributed by atoms with E-state index < -0.39 is 0 Å². The zero-order valence-corrected chi connectivity index (χ0v) is 17.8. The predicted octanol–water partition coefficient (Wildman–Crippen LogP) is 4.27. The maximum absolute atomic E-state index is 12.2. The van der Waals surface area contributed by atoms with Crippen LogP contribution in [-0.4, -0.2) is 50.1 Å². The minimum atomic E-state index is -0.144. The lowest BCUT2D eigenvalue weighted by molar-refractivity contribution is -0.111. The van der Waals surface area contributed by atoms with Gasteiger partial charge in [-0.15, -0.1) is 0 Å². The molecule has 5 heteroatoms. The molecule has 0 aromatic heterocycles. The summed E-state index contributed by atoms with van der Waals surface area (Å²) in [5.41, 5.74) is 2.95. The molecule has 0 saturated carbocycles. The summed E-state index contributed by atoms with van der Waals surface area (Å²) in [6, 6.07) is 16.4. The van der Waals surface area contributed by atoms with Gasteiger partial charge in [-0.25, -0.2) is 0 Å². The van der Waals surface area contributed by atoms with Gasteiger partial charge in [0.25, 0.3) is 0 Å². The molecule has 1 fully saturated rings. The SMILES string of the molecule is CC(C)Oc1ccc(C=CC(=O)Nc2ccc(N3CCC(N(C)C)C3)cc2)cc1. The van der Waals surface area contributed by atoms with E-state index in [-0.39, 0.29) is 12.0 Å². The Labute approximate surface area is 174 Å². The van der Waals surface area contributed by atoms with Crippen LogP contribution in [0.25, 0.3) is 6.08 Å². The van der Waals surface area contributed by atoms with Crippen molar-refractivity contribution in [1.29, 1.82) is 0 Å². The standard InChI is InChI=1S/C24H31N3O2/c1-18(2)29-23-12-5-19(6-13-23)7-14-24(28)25-20-8-10-21(11-9-20)27-16-15-22(17-27)26(3)4/h5-14,18,22H,15-17H2,1-4H3,(H,25,28). The van der Waals surface area contributed by atoms with Gasteiger partial charge in [0.05, 0.1) is 6.10 Å². The van der Waals surface area contributed by atoms with Crippen molar-refractivity contribution in [2.75, 3.05) is 37.4 Å². The second kappa shape index (κ2) is 9.61. The summed E-state index contributed by atoms with van der Waals surface area (Å²) in [7, 11) is 4.27. The first-order valence-corrected chi connectivity index (χ1v) is 10.2. The quantitative estimate of drug-likeness (QED) is 0.714. The molecule has 2 aromatic rings. The number of anilines is 2. The number of ether oxygens (including phenoxy) is 1. The number of rotatable bonds is 7. The Kier molecular flexibility index (Phi) is 6.94. The van der Waals surface area contributed by atoms with E-state index in [9.17, 15) is 4.79 Å². The van der Waals surface area contributed by atoms with Crippen molar-refractivity contribution in [3.8, 4) is 5.75 Å². The number of likely N-dealkylation sites (N-methyl/N-ethyl adjacent to an activating group) is 1. The zero-order chi connectivity index (χ0) is 20.8. The Bertz CT molecular complexity index is 826. The topological polar surface area (TPSA) is 44.8 Å². The lowest BCUT2D eigenvalue weighted by Gasteiger charge is -2.22. The molecule has 0 aliphatic carbocycles. The summed E-state index contributed by atoms with van der Waals surface area (Å²) in [5, 5.41) is 2.92. The average molecular weight is 394 g/mol. The van der Waals surface area contributed by atoms with Crippen LogP contribution >= 0.6 is 0 Å². The zero-order valence-electron chi connectivity index (χ0n) is 17.8. The molecule has 0 bridgehead atoms. The number of nitrogens with zero attached hydrogens (tertiary/aromatic N) is 2. The predicted molar refractivity (Wildman–Crippen MR) is 121 cm³/mol. The lowest BCUT2D eigenvalue weighted by Crippen LogP contribution is -2.31. The van der Waals surface area contributed by atoms with Gasteiger partial charge in [-0.05, 0) is 82.4 Å². The van der Waals surface area contributed by atoms with Gasteiger partial charge in [0.15, 0.2) is 0 Å². The molecule has 3 rings (SSSR count).